The Bertz CT molecular complexity index is 116. The maximum absolute atomic E-state index is 8.95. The molecule has 4 heteroatoms. The van der Waals surface area contributed by atoms with E-state index in [2.05, 4.69) is 0 Å². The number of rotatable bonds is 4. The van der Waals surface area contributed by atoms with Crippen LogP contribution in [0.15, 0.2) is 0 Å². The molecule has 4 N–H and O–H groups in total. The summed E-state index contributed by atoms with van der Waals surface area (Å²) in [6.45, 7) is 1.19. The highest BCUT2D eigenvalue weighted by molar-refractivity contribution is 5.87. The van der Waals surface area contributed by atoms with Crippen LogP contribution in [0.3, 0.4) is 0 Å². The van der Waals surface area contributed by atoms with E-state index in [0.717, 1.165) is 0 Å². The minimum atomic E-state index is -1.21. The Balaban J connectivity index is 3.81. The van der Waals surface area contributed by atoms with Gasteiger partial charge in [0, 0.05) is 0 Å². The Hall–Kier alpha value is -0.450. The predicted molar refractivity (Wildman–Crippen MR) is 37.1 cm³/mol. The molecule has 60 valence electrons. The van der Waals surface area contributed by atoms with Gasteiger partial charge in [-0.25, -0.2) is 0 Å². The fourth-order valence-electron chi connectivity index (χ4n) is 0.549. The van der Waals surface area contributed by atoms with Crippen LogP contribution in [0.5, 0.6) is 0 Å². The lowest BCUT2D eigenvalue weighted by Crippen LogP contribution is -2.34. The van der Waals surface area contributed by atoms with E-state index in [0.29, 0.717) is 6.42 Å². The van der Waals surface area contributed by atoms with Crippen LogP contribution in [0.1, 0.15) is 13.3 Å². The highest BCUT2D eigenvalue weighted by atomic mass is 16.3. The van der Waals surface area contributed by atoms with Crippen LogP contribution in [-0.2, 0) is 0 Å². The number of aliphatic hydroxyl groups excluding tert-OH is 3. The smallest absolute Gasteiger partial charge is 0.119 e. The third-order valence-corrected chi connectivity index (χ3v) is 1.31. The molecule has 2 atom stereocenters. The van der Waals surface area contributed by atoms with Gasteiger partial charge in [0.2, 0.25) is 0 Å². The Morgan fingerprint density at radius 1 is 1.50 bits per heavy atom. The summed E-state index contributed by atoms with van der Waals surface area (Å²) in [4.78, 5) is 0. The number of hydrogen-bond donors (Lipinski definition) is 4. The minimum Gasteiger partial charge on any atom is -0.390 e. The van der Waals surface area contributed by atoms with Crippen molar-refractivity contribution in [3.8, 4) is 0 Å². The average Bonchev–Trinajstić information content (AvgIpc) is 2.00. The van der Waals surface area contributed by atoms with Crippen LogP contribution in [0.2, 0.25) is 0 Å². The molecule has 0 aromatic rings. The second kappa shape index (κ2) is 4.38. The number of nitrogens with one attached hydrogen (secondary N) is 1. The van der Waals surface area contributed by atoms with Crippen molar-refractivity contribution < 1.29 is 15.3 Å². The molecule has 0 heterocycles. The first-order chi connectivity index (χ1) is 4.63. The zero-order valence-electron chi connectivity index (χ0n) is 5.91. The van der Waals surface area contributed by atoms with E-state index in [4.69, 9.17) is 20.7 Å². The molecule has 0 spiro atoms. The summed E-state index contributed by atoms with van der Waals surface area (Å²) in [5, 5.41) is 33.1. The zero-order chi connectivity index (χ0) is 8.15. The fourth-order valence-corrected chi connectivity index (χ4v) is 0.549. The number of hydrogen-bond acceptors (Lipinski definition) is 4. The van der Waals surface area contributed by atoms with Crippen LogP contribution < -0.4 is 0 Å². The minimum absolute atomic E-state index is 0.241. The molecule has 0 aliphatic carbocycles. The third kappa shape index (κ3) is 2.43. The van der Waals surface area contributed by atoms with E-state index in [1.165, 1.54) is 0 Å². The summed E-state index contributed by atoms with van der Waals surface area (Å²) in [7, 11) is 0. The SMILES string of the molecule is CC[C@@H](O)[C@H](O)C(=N)CO. The summed E-state index contributed by atoms with van der Waals surface area (Å²) < 4.78 is 0. The summed E-state index contributed by atoms with van der Waals surface area (Å²) in [5.74, 6) is 0. The Kier molecular flexibility index (Phi) is 4.18. The van der Waals surface area contributed by atoms with Gasteiger partial charge in [-0.05, 0) is 6.42 Å². The fraction of sp³-hybridized carbons (Fsp3) is 0.833. The molecule has 0 saturated heterocycles. The van der Waals surface area contributed by atoms with Crippen LogP contribution >= 0.6 is 0 Å². The molecule has 0 aliphatic rings. The molecule has 0 amide bonds. The largest absolute Gasteiger partial charge is 0.390 e. The van der Waals surface area contributed by atoms with Gasteiger partial charge in [-0.2, -0.15) is 0 Å². The van der Waals surface area contributed by atoms with Crippen molar-refractivity contribution in [3.63, 3.8) is 0 Å². The normalized spacial score (nSPS) is 16.4. The van der Waals surface area contributed by atoms with Crippen molar-refractivity contribution >= 4 is 5.71 Å². The molecule has 0 aromatic heterocycles. The van der Waals surface area contributed by atoms with Crippen LogP contribution in [0.4, 0.5) is 0 Å². The van der Waals surface area contributed by atoms with Gasteiger partial charge in [0.15, 0.2) is 0 Å². The first kappa shape index (κ1) is 9.55. The van der Waals surface area contributed by atoms with E-state index >= 15 is 0 Å². The Labute approximate surface area is 59.6 Å². The monoisotopic (exact) mass is 147 g/mol. The molecule has 0 aromatic carbocycles. The molecule has 4 nitrogen and oxygen atoms in total. The second-order valence-electron chi connectivity index (χ2n) is 2.10. The first-order valence-electron chi connectivity index (χ1n) is 3.17. The standard InChI is InChI=1S/C6H13NO3/c1-2-5(9)6(10)4(7)3-8/h5-10H,2-3H2,1H3/t5-,6-/m1/s1. The van der Waals surface area contributed by atoms with E-state index in [-0.39, 0.29) is 5.71 Å². The third-order valence-electron chi connectivity index (χ3n) is 1.31. The molecule has 0 aliphatic heterocycles. The van der Waals surface area contributed by atoms with Crippen molar-refractivity contribution in [1.82, 2.24) is 0 Å². The summed E-state index contributed by atoms with van der Waals surface area (Å²) in [6, 6.07) is 0. The predicted octanol–water partition coefficient (Wildman–Crippen LogP) is -0.870. The molecule has 0 saturated carbocycles. The van der Waals surface area contributed by atoms with Crippen molar-refractivity contribution in [2.75, 3.05) is 6.61 Å². The Morgan fingerprint density at radius 3 is 2.30 bits per heavy atom. The van der Waals surface area contributed by atoms with Gasteiger partial charge in [0.25, 0.3) is 0 Å². The van der Waals surface area contributed by atoms with Gasteiger partial charge in [-0.1, -0.05) is 6.92 Å². The maximum atomic E-state index is 8.95. The maximum Gasteiger partial charge on any atom is 0.119 e. The van der Waals surface area contributed by atoms with E-state index in [1.54, 1.807) is 6.92 Å². The van der Waals surface area contributed by atoms with Gasteiger partial charge in [-0.3, -0.25) is 0 Å². The van der Waals surface area contributed by atoms with E-state index < -0.39 is 18.8 Å². The Morgan fingerprint density at radius 2 is 2.00 bits per heavy atom. The number of aliphatic hydroxyl groups is 3. The molecule has 10 heavy (non-hydrogen) atoms. The van der Waals surface area contributed by atoms with E-state index in [9.17, 15) is 0 Å². The quantitative estimate of drug-likeness (QED) is 0.390. The summed E-state index contributed by atoms with van der Waals surface area (Å²) >= 11 is 0. The molecule has 0 bridgehead atoms. The lowest BCUT2D eigenvalue weighted by atomic mass is 10.1. The second-order valence-corrected chi connectivity index (χ2v) is 2.10. The molecule has 0 radical (unpaired) electrons. The van der Waals surface area contributed by atoms with Crippen LogP contribution in [0, 0.1) is 5.41 Å². The molecule has 0 rings (SSSR count). The van der Waals surface area contributed by atoms with Crippen molar-refractivity contribution in [3.05, 3.63) is 0 Å². The van der Waals surface area contributed by atoms with Crippen LogP contribution in [0.25, 0.3) is 0 Å². The van der Waals surface area contributed by atoms with Gasteiger partial charge < -0.3 is 20.7 Å². The summed E-state index contributed by atoms with van der Waals surface area (Å²) in [6.07, 6.45) is -1.77. The lowest BCUT2D eigenvalue weighted by molar-refractivity contribution is 0.0543. The van der Waals surface area contributed by atoms with E-state index in [1.807, 2.05) is 0 Å². The molecule has 0 fully saturated rings. The lowest BCUT2D eigenvalue weighted by Gasteiger charge is -2.15. The highest BCUT2D eigenvalue weighted by Crippen LogP contribution is 1.98. The van der Waals surface area contributed by atoms with Gasteiger partial charge in [0.05, 0.1) is 18.4 Å². The van der Waals surface area contributed by atoms with Crippen LogP contribution in [-0.4, -0.2) is 39.8 Å². The van der Waals surface area contributed by atoms with Gasteiger partial charge >= 0.3 is 0 Å². The van der Waals surface area contributed by atoms with Crippen molar-refractivity contribution in [2.45, 2.75) is 25.6 Å². The topological polar surface area (TPSA) is 84.5 Å². The van der Waals surface area contributed by atoms with Gasteiger partial charge in [-0.15, -0.1) is 0 Å². The molecule has 0 unspecified atom stereocenters. The zero-order valence-corrected chi connectivity index (χ0v) is 5.91. The molecular formula is C6H13NO3. The van der Waals surface area contributed by atoms with Crippen molar-refractivity contribution in [1.29, 1.82) is 5.41 Å². The van der Waals surface area contributed by atoms with Crippen molar-refractivity contribution in [2.24, 2.45) is 0 Å². The van der Waals surface area contributed by atoms with Gasteiger partial charge in [0.1, 0.15) is 6.10 Å². The summed E-state index contributed by atoms with van der Waals surface area (Å²) in [5.41, 5.74) is -0.241. The highest BCUT2D eigenvalue weighted by Gasteiger charge is 2.17. The average molecular weight is 147 g/mol. The molecular weight excluding hydrogens is 134 g/mol. The first-order valence-corrected chi connectivity index (χ1v) is 3.17.